The Morgan fingerprint density at radius 2 is 1.76 bits per heavy atom. The van der Waals surface area contributed by atoms with E-state index in [-0.39, 0.29) is 62.1 Å². The maximum Gasteiger partial charge on any atom is 1.00 e. The number of anilines is 1. The number of carbonyl (C=O) groups excluding carboxylic acids is 1. The van der Waals surface area contributed by atoms with Gasteiger partial charge in [-0.3, -0.25) is 9.35 Å². The number of hydrogen-bond donors (Lipinski definition) is 2. The van der Waals surface area contributed by atoms with E-state index >= 15 is 0 Å². The number of nitrogens with zero attached hydrogens (tertiary/aromatic N) is 2. The van der Waals surface area contributed by atoms with Gasteiger partial charge in [-0.05, 0) is 48.2 Å². The summed E-state index contributed by atoms with van der Waals surface area (Å²) in [5.74, 6) is -0.988. The molecule has 0 aromatic heterocycles. The van der Waals surface area contributed by atoms with Crippen molar-refractivity contribution in [2.45, 2.75) is 11.8 Å². The SMILES string of the molecule is COc1ccc(NC(=O)c2cc3ccccc3c(N=Nc3ccc(C)c(S(=O)(=O)O)c3Cl)c2[O-])cc1Cl.[Na+]. The van der Waals surface area contributed by atoms with Gasteiger partial charge in [-0.15, -0.1) is 5.11 Å². The number of rotatable bonds is 6. The Bertz CT molecular complexity index is 1700. The average molecular weight is 582 g/mol. The Morgan fingerprint density at radius 3 is 2.42 bits per heavy atom. The second-order valence-corrected chi connectivity index (χ2v) is 9.99. The third kappa shape index (κ3) is 6.13. The Labute approximate surface area is 250 Å². The molecule has 0 unspecified atom stereocenters. The summed E-state index contributed by atoms with van der Waals surface area (Å²) in [7, 11) is -3.17. The van der Waals surface area contributed by atoms with E-state index in [1.165, 1.54) is 38.3 Å². The summed E-state index contributed by atoms with van der Waals surface area (Å²) in [6, 6.07) is 15.6. The first-order valence-corrected chi connectivity index (χ1v) is 12.8. The van der Waals surface area contributed by atoms with Crippen LogP contribution in [0.4, 0.5) is 17.1 Å². The third-order valence-electron chi connectivity index (χ3n) is 5.42. The van der Waals surface area contributed by atoms with Crippen molar-refractivity contribution in [1.29, 1.82) is 0 Å². The number of halogens is 2. The molecule has 0 heterocycles. The summed E-state index contributed by atoms with van der Waals surface area (Å²) >= 11 is 12.3. The molecular weight excluding hydrogens is 564 g/mol. The first-order valence-electron chi connectivity index (χ1n) is 10.6. The quantitative estimate of drug-likeness (QED) is 0.203. The van der Waals surface area contributed by atoms with Crippen molar-refractivity contribution in [2.24, 2.45) is 10.2 Å². The van der Waals surface area contributed by atoms with Crippen molar-refractivity contribution in [3.63, 3.8) is 0 Å². The van der Waals surface area contributed by atoms with Gasteiger partial charge in [-0.2, -0.15) is 13.5 Å². The fourth-order valence-electron chi connectivity index (χ4n) is 3.66. The molecule has 1 amide bonds. The number of nitrogens with one attached hydrogen (secondary N) is 1. The summed E-state index contributed by atoms with van der Waals surface area (Å²) < 4.78 is 38.1. The van der Waals surface area contributed by atoms with Crippen molar-refractivity contribution in [3.05, 3.63) is 81.8 Å². The smallest absolute Gasteiger partial charge is 0.870 e. The molecule has 13 heteroatoms. The number of hydrogen-bond acceptors (Lipinski definition) is 7. The minimum Gasteiger partial charge on any atom is -0.870 e. The topological polar surface area (TPSA) is 140 Å². The fourth-order valence-corrected chi connectivity index (χ4v) is 5.27. The molecule has 0 saturated carbocycles. The minimum atomic E-state index is -4.63. The molecule has 0 spiro atoms. The van der Waals surface area contributed by atoms with Crippen LogP contribution in [0.2, 0.25) is 10.0 Å². The maximum atomic E-state index is 13.3. The molecule has 0 atom stereocenters. The summed E-state index contributed by atoms with van der Waals surface area (Å²) in [5, 5.41) is 24.9. The van der Waals surface area contributed by atoms with Crippen LogP contribution >= 0.6 is 23.2 Å². The number of benzene rings is 4. The summed E-state index contributed by atoms with van der Waals surface area (Å²) in [5.41, 5.74) is 0.106. The van der Waals surface area contributed by atoms with Crippen LogP contribution < -0.4 is 44.7 Å². The van der Waals surface area contributed by atoms with E-state index in [0.29, 0.717) is 22.2 Å². The van der Waals surface area contributed by atoms with Gasteiger partial charge in [0.1, 0.15) is 16.3 Å². The summed E-state index contributed by atoms with van der Waals surface area (Å²) in [6.07, 6.45) is 0. The molecule has 4 aromatic carbocycles. The zero-order valence-corrected chi connectivity index (χ0v) is 24.6. The number of carbonyl (C=O) groups is 1. The van der Waals surface area contributed by atoms with Crippen LogP contribution in [0, 0.1) is 6.92 Å². The summed E-state index contributed by atoms with van der Waals surface area (Å²) in [4.78, 5) is 12.5. The van der Waals surface area contributed by atoms with Crippen molar-refractivity contribution in [1.82, 2.24) is 0 Å². The molecule has 190 valence electrons. The van der Waals surface area contributed by atoms with Gasteiger partial charge in [-0.1, -0.05) is 59.3 Å². The predicted octanol–water partition coefficient (Wildman–Crippen LogP) is 3.46. The van der Waals surface area contributed by atoms with Crippen LogP contribution in [0.1, 0.15) is 15.9 Å². The Kier molecular flexibility index (Phi) is 9.43. The Morgan fingerprint density at radius 1 is 1.05 bits per heavy atom. The molecule has 0 fully saturated rings. The number of ether oxygens (including phenoxy) is 1. The number of aryl methyl sites for hydroxylation is 1. The molecule has 4 aromatic rings. The number of azo groups is 1. The zero-order valence-electron chi connectivity index (χ0n) is 20.3. The van der Waals surface area contributed by atoms with Gasteiger partial charge in [0, 0.05) is 16.6 Å². The molecule has 0 bridgehead atoms. The van der Waals surface area contributed by atoms with Crippen LogP contribution in [-0.4, -0.2) is 26.0 Å². The molecule has 0 aliphatic rings. The molecule has 4 rings (SSSR count). The molecule has 9 nitrogen and oxygen atoms in total. The fraction of sp³-hybridized carbons (Fsp3) is 0.0800. The van der Waals surface area contributed by atoms with E-state index in [2.05, 4.69) is 15.5 Å². The minimum absolute atomic E-state index is 0. The molecular formula is C25H18Cl2N3NaO6S. The molecule has 0 aliphatic heterocycles. The van der Waals surface area contributed by atoms with Crippen LogP contribution in [0.15, 0.2) is 75.8 Å². The van der Waals surface area contributed by atoms with Gasteiger partial charge in [0.15, 0.2) is 0 Å². The molecule has 38 heavy (non-hydrogen) atoms. The normalized spacial score (nSPS) is 11.4. The van der Waals surface area contributed by atoms with Crippen LogP contribution in [0.5, 0.6) is 11.5 Å². The molecule has 0 saturated heterocycles. The van der Waals surface area contributed by atoms with E-state index < -0.39 is 26.7 Å². The third-order valence-corrected chi connectivity index (χ3v) is 7.25. The number of fused-ring (bicyclic) bond motifs is 1. The monoisotopic (exact) mass is 581 g/mol. The van der Waals surface area contributed by atoms with E-state index in [1.807, 2.05) is 0 Å². The Balaban J connectivity index is 0.00000400. The standard InChI is InChI=1S/C25H19Cl2N3O6S.Na/c1-13-7-9-19(21(27)24(13)37(33,34)35)29-30-22-16-6-4-3-5-14(16)11-17(23(22)31)25(32)28-15-8-10-20(36-2)18(26)12-15;/h3-12,31H,1-2H3,(H,28,32)(H,33,34,35);/q;+1/p-1. The maximum absolute atomic E-state index is 13.3. The van der Waals surface area contributed by atoms with Gasteiger partial charge in [0.25, 0.3) is 16.0 Å². The van der Waals surface area contributed by atoms with Crippen LogP contribution in [0.25, 0.3) is 10.8 Å². The van der Waals surface area contributed by atoms with Crippen molar-refractivity contribution < 1.29 is 57.2 Å². The van der Waals surface area contributed by atoms with Crippen LogP contribution in [0.3, 0.4) is 0 Å². The van der Waals surface area contributed by atoms with E-state index in [4.69, 9.17) is 27.9 Å². The second-order valence-electron chi connectivity index (χ2n) is 7.85. The average Bonchev–Trinajstić information content (AvgIpc) is 2.83. The first kappa shape index (κ1) is 29.9. The van der Waals surface area contributed by atoms with Gasteiger partial charge in [0.2, 0.25) is 0 Å². The number of methoxy groups -OCH3 is 1. The van der Waals surface area contributed by atoms with Gasteiger partial charge < -0.3 is 15.2 Å². The Hall–Kier alpha value is -2.70. The second kappa shape index (κ2) is 12.0. The van der Waals surface area contributed by atoms with Gasteiger partial charge in [-0.25, -0.2) is 0 Å². The van der Waals surface area contributed by atoms with E-state index in [1.54, 1.807) is 36.4 Å². The predicted molar refractivity (Wildman–Crippen MR) is 140 cm³/mol. The first-order chi connectivity index (χ1) is 17.5. The largest absolute Gasteiger partial charge is 1.00 e. The van der Waals surface area contributed by atoms with Gasteiger partial charge >= 0.3 is 29.6 Å². The molecule has 0 radical (unpaired) electrons. The van der Waals surface area contributed by atoms with E-state index in [9.17, 15) is 22.9 Å². The van der Waals surface area contributed by atoms with Crippen molar-refractivity contribution in [2.75, 3.05) is 12.4 Å². The zero-order chi connectivity index (χ0) is 26.9. The molecule has 2 N–H and O–H groups in total. The summed E-state index contributed by atoms with van der Waals surface area (Å²) in [6.45, 7) is 1.46. The van der Waals surface area contributed by atoms with Crippen LogP contribution in [-0.2, 0) is 10.1 Å². The van der Waals surface area contributed by atoms with Crippen molar-refractivity contribution in [3.8, 4) is 11.5 Å². The van der Waals surface area contributed by atoms with E-state index in [0.717, 1.165) is 0 Å². The van der Waals surface area contributed by atoms with Crippen molar-refractivity contribution >= 4 is 67.1 Å². The molecule has 0 aliphatic carbocycles. The van der Waals surface area contributed by atoms with Gasteiger partial charge in [0.05, 0.1) is 22.8 Å². The number of amides is 1.